The minimum Gasteiger partial charge on any atom is -0.497 e. The van der Waals surface area contributed by atoms with Gasteiger partial charge in [0.1, 0.15) is 5.75 Å². The van der Waals surface area contributed by atoms with E-state index in [-0.39, 0.29) is 12.3 Å². The van der Waals surface area contributed by atoms with E-state index in [2.05, 4.69) is 0 Å². The average Bonchev–Trinajstić information content (AvgIpc) is 2.90. The van der Waals surface area contributed by atoms with E-state index < -0.39 is 12.0 Å². The number of benzene rings is 2. The number of aliphatic carboxylic acids is 1. The van der Waals surface area contributed by atoms with Gasteiger partial charge in [0, 0.05) is 12.1 Å². The van der Waals surface area contributed by atoms with Crippen molar-refractivity contribution in [2.45, 2.75) is 19.0 Å². The minimum atomic E-state index is -0.943. The summed E-state index contributed by atoms with van der Waals surface area (Å²) < 4.78 is 5.21. The summed E-state index contributed by atoms with van der Waals surface area (Å²) in [6, 6.07) is 14.1. The predicted molar refractivity (Wildman–Crippen MR) is 84.3 cm³/mol. The molecular weight excluding hydrogens is 294 g/mol. The van der Waals surface area contributed by atoms with Gasteiger partial charge in [-0.2, -0.15) is 0 Å². The molecule has 0 aromatic heterocycles. The first-order valence-electron chi connectivity index (χ1n) is 7.35. The van der Waals surface area contributed by atoms with Crippen LogP contribution < -0.4 is 4.74 Å². The number of carboxylic acids is 1. The lowest BCUT2D eigenvalue weighted by atomic mass is 10.0. The lowest BCUT2D eigenvalue weighted by molar-refractivity contribution is -0.138. The van der Waals surface area contributed by atoms with Crippen molar-refractivity contribution in [2.75, 3.05) is 7.11 Å². The minimum absolute atomic E-state index is 0.130. The van der Waals surface area contributed by atoms with E-state index in [1.54, 1.807) is 36.3 Å². The smallest absolute Gasteiger partial charge is 0.305 e. The Morgan fingerprint density at radius 1 is 1.26 bits per heavy atom. The number of hydrogen-bond donors (Lipinski definition) is 1. The molecule has 1 N–H and O–H groups in total. The fourth-order valence-electron chi connectivity index (χ4n) is 2.95. The van der Waals surface area contributed by atoms with Gasteiger partial charge in [0.25, 0.3) is 5.91 Å². The molecule has 1 aliphatic rings. The molecule has 0 unspecified atom stereocenters. The van der Waals surface area contributed by atoms with Gasteiger partial charge in [-0.1, -0.05) is 30.3 Å². The number of hydrogen-bond acceptors (Lipinski definition) is 3. The van der Waals surface area contributed by atoms with Crippen molar-refractivity contribution in [3.63, 3.8) is 0 Å². The molecule has 1 heterocycles. The van der Waals surface area contributed by atoms with Crippen molar-refractivity contribution >= 4 is 11.9 Å². The van der Waals surface area contributed by atoms with E-state index in [9.17, 15) is 14.7 Å². The lowest BCUT2D eigenvalue weighted by Gasteiger charge is -2.27. The molecule has 5 heteroatoms. The molecule has 0 fully saturated rings. The van der Waals surface area contributed by atoms with Crippen LogP contribution in [-0.2, 0) is 11.3 Å². The van der Waals surface area contributed by atoms with Gasteiger partial charge in [-0.3, -0.25) is 9.59 Å². The zero-order valence-electron chi connectivity index (χ0n) is 12.7. The van der Waals surface area contributed by atoms with Gasteiger partial charge in [-0.15, -0.1) is 0 Å². The van der Waals surface area contributed by atoms with Crippen molar-refractivity contribution < 1.29 is 19.4 Å². The number of carbonyl (C=O) groups excluding carboxylic acids is 1. The zero-order chi connectivity index (χ0) is 16.4. The predicted octanol–water partition coefficient (Wildman–Crippen LogP) is 2.87. The van der Waals surface area contributed by atoms with Crippen LogP contribution in [0.1, 0.15) is 33.9 Å². The van der Waals surface area contributed by atoms with E-state index in [4.69, 9.17) is 4.74 Å². The summed E-state index contributed by atoms with van der Waals surface area (Å²) in [4.78, 5) is 25.6. The van der Waals surface area contributed by atoms with Gasteiger partial charge < -0.3 is 14.7 Å². The Hall–Kier alpha value is -2.82. The monoisotopic (exact) mass is 311 g/mol. The largest absolute Gasteiger partial charge is 0.497 e. The Morgan fingerprint density at radius 3 is 2.74 bits per heavy atom. The van der Waals surface area contributed by atoms with E-state index >= 15 is 0 Å². The van der Waals surface area contributed by atoms with E-state index in [1.165, 1.54) is 0 Å². The number of nitrogens with zero attached hydrogens (tertiary/aromatic N) is 1. The number of fused-ring (bicyclic) bond motifs is 1. The third kappa shape index (κ3) is 2.90. The maximum atomic E-state index is 12.6. The highest BCUT2D eigenvalue weighted by Gasteiger charge is 2.34. The highest BCUT2D eigenvalue weighted by atomic mass is 16.5. The standard InChI is InChI=1S/C18H17NO4/c1-23-14-7-4-6-12(9-14)16(10-17(20)21)19-11-13-5-2-3-8-15(13)18(19)22/h2-9,16H,10-11H2,1H3,(H,20,21)/t16-/m0/s1. The molecule has 3 rings (SSSR count). The molecule has 0 aliphatic carbocycles. The first-order chi connectivity index (χ1) is 11.1. The molecule has 0 saturated carbocycles. The second-order valence-corrected chi connectivity index (χ2v) is 5.48. The molecule has 5 nitrogen and oxygen atoms in total. The highest BCUT2D eigenvalue weighted by Crippen LogP contribution is 2.34. The van der Waals surface area contributed by atoms with Crippen LogP contribution in [0, 0.1) is 0 Å². The quantitative estimate of drug-likeness (QED) is 0.922. The number of carboxylic acid groups (broad SMARTS) is 1. The zero-order valence-corrected chi connectivity index (χ0v) is 12.7. The Morgan fingerprint density at radius 2 is 2.04 bits per heavy atom. The summed E-state index contributed by atoms with van der Waals surface area (Å²) in [5, 5.41) is 9.27. The summed E-state index contributed by atoms with van der Waals surface area (Å²) in [5.41, 5.74) is 2.33. The van der Waals surface area contributed by atoms with Gasteiger partial charge in [-0.25, -0.2) is 0 Å². The number of methoxy groups -OCH3 is 1. The van der Waals surface area contributed by atoms with Crippen LogP contribution >= 0.6 is 0 Å². The lowest BCUT2D eigenvalue weighted by Crippen LogP contribution is -2.30. The van der Waals surface area contributed by atoms with Crippen molar-refractivity contribution in [1.29, 1.82) is 0 Å². The van der Waals surface area contributed by atoms with Crippen molar-refractivity contribution in [1.82, 2.24) is 4.90 Å². The summed E-state index contributed by atoms with van der Waals surface area (Å²) >= 11 is 0. The van der Waals surface area contributed by atoms with Crippen LogP contribution in [0.5, 0.6) is 5.75 Å². The van der Waals surface area contributed by atoms with Gasteiger partial charge in [0.05, 0.1) is 19.6 Å². The van der Waals surface area contributed by atoms with Gasteiger partial charge >= 0.3 is 5.97 Å². The second kappa shape index (κ2) is 6.12. The summed E-state index contributed by atoms with van der Waals surface area (Å²) in [5.74, 6) is -0.432. The highest BCUT2D eigenvalue weighted by molar-refractivity contribution is 5.98. The van der Waals surface area contributed by atoms with Crippen LogP contribution in [0.4, 0.5) is 0 Å². The third-order valence-corrected chi connectivity index (χ3v) is 4.07. The van der Waals surface area contributed by atoms with Crippen LogP contribution in [0.15, 0.2) is 48.5 Å². The molecule has 0 radical (unpaired) electrons. The molecule has 118 valence electrons. The molecule has 23 heavy (non-hydrogen) atoms. The maximum absolute atomic E-state index is 12.6. The number of carbonyl (C=O) groups is 2. The molecule has 2 aromatic rings. The molecule has 2 aromatic carbocycles. The molecule has 1 amide bonds. The van der Waals surface area contributed by atoms with Gasteiger partial charge in [0.15, 0.2) is 0 Å². The van der Waals surface area contributed by atoms with E-state index in [1.807, 2.05) is 24.3 Å². The molecule has 0 bridgehead atoms. The van der Waals surface area contributed by atoms with E-state index in [0.717, 1.165) is 11.1 Å². The van der Waals surface area contributed by atoms with Gasteiger partial charge in [-0.05, 0) is 29.3 Å². The Labute approximate surface area is 134 Å². The maximum Gasteiger partial charge on any atom is 0.305 e. The second-order valence-electron chi connectivity index (χ2n) is 5.48. The van der Waals surface area contributed by atoms with Crippen molar-refractivity contribution in [3.8, 4) is 5.75 Å². The van der Waals surface area contributed by atoms with Crippen LogP contribution in [0.3, 0.4) is 0 Å². The summed E-state index contributed by atoms with van der Waals surface area (Å²) in [6.45, 7) is 0.421. The molecule has 0 spiro atoms. The normalized spacial score (nSPS) is 14.5. The van der Waals surface area contributed by atoms with Gasteiger partial charge in [0.2, 0.25) is 0 Å². The van der Waals surface area contributed by atoms with Crippen LogP contribution in [-0.4, -0.2) is 29.0 Å². The Kier molecular flexibility index (Phi) is 4.02. The summed E-state index contributed by atoms with van der Waals surface area (Å²) in [6.07, 6.45) is -0.146. The molecule has 1 aliphatic heterocycles. The average molecular weight is 311 g/mol. The fourth-order valence-corrected chi connectivity index (χ4v) is 2.95. The third-order valence-electron chi connectivity index (χ3n) is 4.07. The fraction of sp³-hybridized carbons (Fsp3) is 0.222. The van der Waals surface area contributed by atoms with Crippen molar-refractivity contribution in [2.24, 2.45) is 0 Å². The number of amides is 1. The summed E-state index contributed by atoms with van der Waals surface area (Å²) in [7, 11) is 1.56. The SMILES string of the molecule is COc1cccc([C@H](CC(=O)O)N2Cc3ccccc3C2=O)c1. The van der Waals surface area contributed by atoms with Crippen LogP contribution in [0.25, 0.3) is 0 Å². The Bertz CT molecular complexity index is 756. The first-order valence-corrected chi connectivity index (χ1v) is 7.35. The number of rotatable bonds is 5. The molecule has 1 atom stereocenters. The molecule has 0 saturated heterocycles. The first kappa shape index (κ1) is 15.1. The number of ether oxygens (including phenoxy) is 1. The van der Waals surface area contributed by atoms with Crippen molar-refractivity contribution in [3.05, 3.63) is 65.2 Å². The topological polar surface area (TPSA) is 66.8 Å². The van der Waals surface area contributed by atoms with Crippen LogP contribution in [0.2, 0.25) is 0 Å². The van der Waals surface area contributed by atoms with E-state index in [0.29, 0.717) is 17.9 Å². The molecular formula is C18H17NO4. The Balaban J connectivity index is 1.97.